The standard InChI is InChI=1S/C54H68B3N3O13/c1-7-16-69-52-22-37(10-13-49(52)66-4)40-19-43(31-58-28-40)46(34-61)25-55(64)72-57(27-48(36-63)45-21-42(30-60-33-45)39-12-15-51(68-6)54(24-39)71-18-9-3)73-56(65)26-47(35-62)44-20-41(29-59-32-44)38-11-14-50(67-5)53(23-38)70-17-8-2/h10-15,19-24,28-33,46-48,61-65H,7-9,16-18,25-27,34-36H2,1-6H3/t46-,47-,48-/m0/s1. The summed E-state index contributed by atoms with van der Waals surface area (Å²) in [6, 6.07) is 22.5. The van der Waals surface area contributed by atoms with E-state index < -0.39 is 39.1 Å². The predicted octanol–water partition coefficient (Wildman–Crippen LogP) is 8.38. The zero-order valence-corrected chi connectivity index (χ0v) is 42.7. The highest BCUT2D eigenvalue weighted by molar-refractivity contribution is 6.64. The maximum absolute atomic E-state index is 11.7. The lowest BCUT2D eigenvalue weighted by Gasteiger charge is -2.25. The van der Waals surface area contributed by atoms with Crippen molar-refractivity contribution in [3.63, 3.8) is 0 Å². The number of nitrogens with zero attached hydrogens (tertiary/aromatic N) is 3. The van der Waals surface area contributed by atoms with E-state index in [0.29, 0.717) is 71.0 Å². The van der Waals surface area contributed by atoms with Crippen LogP contribution in [0.25, 0.3) is 33.4 Å². The normalized spacial score (nSPS) is 12.4. The van der Waals surface area contributed by atoms with Crippen LogP contribution in [0.4, 0.5) is 0 Å². The number of benzene rings is 3. The van der Waals surface area contributed by atoms with E-state index in [1.165, 1.54) is 0 Å². The van der Waals surface area contributed by atoms with Gasteiger partial charge in [0.1, 0.15) is 0 Å². The fourth-order valence-electron chi connectivity index (χ4n) is 8.33. The molecule has 0 bridgehead atoms. The minimum Gasteiger partial charge on any atom is -0.493 e. The van der Waals surface area contributed by atoms with Crippen LogP contribution in [-0.2, 0) is 9.14 Å². The molecule has 386 valence electrons. The number of aliphatic hydroxyl groups is 3. The molecule has 0 spiro atoms. The molecule has 0 amide bonds. The van der Waals surface area contributed by atoms with Gasteiger partial charge in [0.15, 0.2) is 34.5 Å². The van der Waals surface area contributed by atoms with E-state index in [0.717, 1.165) is 52.6 Å². The molecular weight excluding hydrogens is 931 g/mol. The Labute approximate surface area is 430 Å². The first-order valence-corrected chi connectivity index (χ1v) is 24.9. The van der Waals surface area contributed by atoms with Crippen LogP contribution in [0.3, 0.4) is 0 Å². The van der Waals surface area contributed by atoms with Crippen molar-refractivity contribution in [1.29, 1.82) is 0 Å². The predicted molar refractivity (Wildman–Crippen MR) is 284 cm³/mol. The molecule has 19 heteroatoms. The molecule has 3 aromatic heterocycles. The highest BCUT2D eigenvalue weighted by Crippen LogP contribution is 2.38. The lowest BCUT2D eigenvalue weighted by molar-refractivity contribution is 0.251. The van der Waals surface area contributed by atoms with Crippen LogP contribution in [0.2, 0.25) is 19.0 Å². The first kappa shape index (κ1) is 56.1. The van der Waals surface area contributed by atoms with Crippen molar-refractivity contribution in [2.24, 2.45) is 0 Å². The molecule has 0 saturated heterocycles. The van der Waals surface area contributed by atoms with Gasteiger partial charge in [0.05, 0.1) is 41.2 Å². The Morgan fingerprint density at radius 2 is 0.726 bits per heavy atom. The summed E-state index contributed by atoms with van der Waals surface area (Å²) in [6.45, 7) is 6.54. The van der Waals surface area contributed by atoms with Gasteiger partial charge in [0.25, 0.3) is 0 Å². The number of aliphatic hydroxyl groups excluding tert-OH is 3. The minimum absolute atomic E-state index is 0.0370. The van der Waals surface area contributed by atoms with Crippen molar-refractivity contribution in [2.75, 3.05) is 61.0 Å². The molecule has 0 aliphatic heterocycles. The molecule has 0 fully saturated rings. The summed E-state index contributed by atoms with van der Waals surface area (Å²) < 4.78 is 46.9. The summed E-state index contributed by atoms with van der Waals surface area (Å²) in [7, 11) is 0.393. The van der Waals surface area contributed by atoms with E-state index in [1.807, 2.05) is 93.6 Å². The lowest BCUT2D eigenvalue weighted by atomic mass is 9.65. The summed E-state index contributed by atoms with van der Waals surface area (Å²) in [5, 5.41) is 55.7. The SMILES string of the molecule is CCCOc1cc(-c2cncc([C@H](CO)CB(O)OB(C[C@@H](CO)c3cncc(-c4ccc(OC)c(OCCC)c4)c3)OB(O)C[C@@H](CO)c3cncc(-c4ccc(OC)c(OCCC)c4)c3)c2)ccc1OC. The van der Waals surface area contributed by atoms with Crippen molar-refractivity contribution >= 4 is 21.4 Å². The largest absolute Gasteiger partial charge is 0.493 e. The quantitative estimate of drug-likeness (QED) is 0.0259. The third-order valence-corrected chi connectivity index (χ3v) is 12.3. The molecule has 0 aliphatic rings. The van der Waals surface area contributed by atoms with E-state index in [9.17, 15) is 25.4 Å². The molecular formula is C54H68B3N3O13. The topological polar surface area (TPSA) is 214 Å². The Morgan fingerprint density at radius 1 is 0.411 bits per heavy atom. The van der Waals surface area contributed by atoms with Crippen LogP contribution >= 0.6 is 0 Å². The van der Waals surface area contributed by atoms with Gasteiger partial charge < -0.3 is 62.9 Å². The second-order valence-electron chi connectivity index (χ2n) is 17.6. The maximum Gasteiger partial charge on any atom is 0.441 e. The summed E-state index contributed by atoms with van der Waals surface area (Å²) in [4.78, 5) is 13.5. The zero-order valence-electron chi connectivity index (χ0n) is 42.7. The molecule has 3 aromatic carbocycles. The summed E-state index contributed by atoms with van der Waals surface area (Å²) in [5.41, 5.74) is 6.65. The Balaban J connectivity index is 1.25. The summed E-state index contributed by atoms with van der Waals surface area (Å²) in [5.74, 6) is 1.64. The minimum atomic E-state index is -1.53. The zero-order chi connectivity index (χ0) is 52.1. The molecule has 0 radical (unpaired) electrons. The molecule has 0 saturated carbocycles. The molecule has 0 unspecified atom stereocenters. The third-order valence-electron chi connectivity index (χ3n) is 12.3. The number of pyridine rings is 3. The maximum atomic E-state index is 11.7. The number of aromatic nitrogens is 3. The Bertz CT molecular complexity index is 2510. The Morgan fingerprint density at radius 3 is 1.01 bits per heavy atom. The van der Waals surface area contributed by atoms with Gasteiger partial charge in [-0.2, -0.15) is 0 Å². The smallest absolute Gasteiger partial charge is 0.441 e. The number of rotatable bonds is 31. The van der Waals surface area contributed by atoms with Crippen molar-refractivity contribution in [3.05, 3.63) is 127 Å². The van der Waals surface area contributed by atoms with Crippen LogP contribution in [0.15, 0.2) is 110 Å². The average Bonchev–Trinajstić information content (AvgIpc) is 3.43. The highest BCUT2D eigenvalue weighted by Gasteiger charge is 2.35. The second kappa shape index (κ2) is 28.9. The highest BCUT2D eigenvalue weighted by atomic mass is 16.6. The van der Waals surface area contributed by atoms with Gasteiger partial charge >= 0.3 is 21.4 Å². The number of ether oxygens (including phenoxy) is 6. The van der Waals surface area contributed by atoms with Crippen LogP contribution < -0.4 is 28.4 Å². The van der Waals surface area contributed by atoms with Crippen LogP contribution in [0, 0.1) is 0 Å². The van der Waals surface area contributed by atoms with Crippen LogP contribution in [0.1, 0.15) is 74.5 Å². The van der Waals surface area contributed by atoms with E-state index in [2.05, 4.69) is 15.0 Å². The van der Waals surface area contributed by atoms with E-state index >= 15 is 0 Å². The molecule has 0 aliphatic carbocycles. The fourth-order valence-corrected chi connectivity index (χ4v) is 8.33. The van der Waals surface area contributed by atoms with Gasteiger partial charge in [0, 0.05) is 91.4 Å². The molecule has 6 aromatic rings. The first-order chi connectivity index (χ1) is 35.6. The molecule has 73 heavy (non-hydrogen) atoms. The van der Waals surface area contributed by atoms with Gasteiger partial charge in [-0.15, -0.1) is 0 Å². The van der Waals surface area contributed by atoms with Crippen molar-refractivity contribution in [3.8, 4) is 67.9 Å². The van der Waals surface area contributed by atoms with Crippen molar-refractivity contribution in [2.45, 2.75) is 76.7 Å². The Kier molecular flexibility index (Phi) is 22.2. The summed E-state index contributed by atoms with van der Waals surface area (Å²) in [6.07, 6.45) is 12.3. The molecule has 3 atom stereocenters. The summed E-state index contributed by atoms with van der Waals surface area (Å²) >= 11 is 0. The van der Waals surface area contributed by atoms with Gasteiger partial charge in [0.2, 0.25) is 0 Å². The van der Waals surface area contributed by atoms with Gasteiger partial charge in [-0.25, -0.2) is 0 Å². The monoisotopic (exact) mass is 1000 g/mol. The second-order valence-corrected chi connectivity index (χ2v) is 17.6. The lowest BCUT2D eigenvalue weighted by Crippen LogP contribution is -2.39. The molecule has 16 nitrogen and oxygen atoms in total. The van der Waals surface area contributed by atoms with Gasteiger partial charge in [-0.1, -0.05) is 39.0 Å². The number of hydrogen-bond donors (Lipinski definition) is 5. The van der Waals surface area contributed by atoms with E-state index in [4.69, 9.17) is 37.6 Å². The average molecular weight is 1000 g/mol. The number of methoxy groups -OCH3 is 3. The molecule has 3 heterocycles. The third kappa shape index (κ3) is 15.7. The number of hydrogen-bond acceptors (Lipinski definition) is 16. The molecule has 5 N–H and O–H groups in total. The van der Waals surface area contributed by atoms with Gasteiger partial charge in [-0.05, 0) is 126 Å². The Hall–Kier alpha value is -6.18. The van der Waals surface area contributed by atoms with Crippen molar-refractivity contribution < 1.29 is 62.9 Å². The van der Waals surface area contributed by atoms with Crippen LogP contribution in [0.5, 0.6) is 34.5 Å². The fraction of sp³-hybridized carbons (Fsp3) is 0.389. The van der Waals surface area contributed by atoms with E-state index in [-0.39, 0.29) is 38.8 Å². The van der Waals surface area contributed by atoms with Crippen LogP contribution in [-0.4, -0.2) is 123 Å². The van der Waals surface area contributed by atoms with Gasteiger partial charge in [-0.3, -0.25) is 15.0 Å². The van der Waals surface area contributed by atoms with E-state index in [1.54, 1.807) is 58.5 Å². The molecule has 6 rings (SSSR count). The first-order valence-electron chi connectivity index (χ1n) is 24.9. The van der Waals surface area contributed by atoms with Crippen molar-refractivity contribution in [1.82, 2.24) is 15.0 Å².